The highest BCUT2D eigenvalue weighted by Gasteiger charge is 2.01. The number of nitrogens with zero attached hydrogens (tertiary/aromatic N) is 1. The van der Waals surface area contributed by atoms with Crippen molar-refractivity contribution in [2.45, 2.75) is 26.2 Å². The molecule has 0 atom stereocenters. The number of fused-ring (bicyclic) bond motifs is 1. The van der Waals surface area contributed by atoms with Crippen molar-refractivity contribution in [3.05, 3.63) is 41.7 Å². The van der Waals surface area contributed by atoms with Crippen LogP contribution in [0.4, 0.5) is 0 Å². The molecule has 2 rings (SSSR count). The zero-order chi connectivity index (χ0) is 12.3. The lowest BCUT2D eigenvalue weighted by atomic mass is 10.0. The van der Waals surface area contributed by atoms with Crippen molar-refractivity contribution in [2.24, 2.45) is 0 Å². The minimum Gasteiger partial charge on any atom is -0.481 e. The number of carbonyl (C=O) groups is 1. The molecular formula is C14H15NO2. The molecule has 0 aliphatic carbocycles. The van der Waals surface area contributed by atoms with E-state index >= 15 is 0 Å². The van der Waals surface area contributed by atoms with Gasteiger partial charge in [0.15, 0.2) is 0 Å². The van der Waals surface area contributed by atoms with Gasteiger partial charge in [0.1, 0.15) is 0 Å². The summed E-state index contributed by atoms with van der Waals surface area (Å²) in [6.45, 7) is 2.04. The van der Waals surface area contributed by atoms with Gasteiger partial charge in [-0.05, 0) is 42.3 Å². The van der Waals surface area contributed by atoms with Crippen molar-refractivity contribution in [3.8, 4) is 0 Å². The molecule has 88 valence electrons. The fourth-order valence-corrected chi connectivity index (χ4v) is 1.98. The molecule has 1 aromatic carbocycles. The third kappa shape index (κ3) is 2.81. The van der Waals surface area contributed by atoms with Crippen molar-refractivity contribution in [2.75, 3.05) is 0 Å². The summed E-state index contributed by atoms with van der Waals surface area (Å²) in [6, 6.07) is 6.25. The summed E-state index contributed by atoms with van der Waals surface area (Å²) in [5.41, 5.74) is 2.34. The van der Waals surface area contributed by atoms with Crippen molar-refractivity contribution in [3.63, 3.8) is 0 Å². The first-order valence-electron chi connectivity index (χ1n) is 5.72. The molecule has 0 aliphatic rings. The Morgan fingerprint density at radius 1 is 1.35 bits per heavy atom. The molecule has 1 heterocycles. The van der Waals surface area contributed by atoms with E-state index in [2.05, 4.69) is 23.2 Å². The Labute approximate surface area is 100 Å². The molecule has 2 aromatic rings. The number of aliphatic carboxylic acids is 1. The van der Waals surface area contributed by atoms with Gasteiger partial charge in [-0.3, -0.25) is 9.78 Å². The number of pyridine rings is 1. The molecule has 0 fully saturated rings. The van der Waals surface area contributed by atoms with Crippen molar-refractivity contribution < 1.29 is 9.90 Å². The second-order valence-electron chi connectivity index (χ2n) is 4.26. The van der Waals surface area contributed by atoms with Gasteiger partial charge in [-0.15, -0.1) is 0 Å². The minimum absolute atomic E-state index is 0.226. The van der Waals surface area contributed by atoms with Gasteiger partial charge in [0.25, 0.3) is 0 Å². The van der Waals surface area contributed by atoms with Crippen LogP contribution in [0, 0.1) is 6.92 Å². The second-order valence-corrected chi connectivity index (χ2v) is 4.26. The number of aryl methyl sites for hydroxylation is 2. The summed E-state index contributed by atoms with van der Waals surface area (Å²) in [7, 11) is 0. The molecule has 0 aliphatic heterocycles. The third-order valence-electron chi connectivity index (χ3n) is 2.88. The van der Waals surface area contributed by atoms with Crippen LogP contribution in [0.2, 0.25) is 0 Å². The maximum atomic E-state index is 10.4. The summed E-state index contributed by atoms with van der Waals surface area (Å²) < 4.78 is 0. The van der Waals surface area contributed by atoms with Crippen LogP contribution in [0.25, 0.3) is 10.8 Å². The van der Waals surface area contributed by atoms with Gasteiger partial charge in [0.2, 0.25) is 0 Å². The van der Waals surface area contributed by atoms with Crippen LogP contribution >= 0.6 is 0 Å². The normalized spacial score (nSPS) is 10.6. The number of hydrogen-bond donors (Lipinski definition) is 1. The third-order valence-corrected chi connectivity index (χ3v) is 2.88. The number of benzene rings is 1. The molecule has 17 heavy (non-hydrogen) atoms. The van der Waals surface area contributed by atoms with E-state index in [-0.39, 0.29) is 6.42 Å². The molecule has 0 spiro atoms. The van der Waals surface area contributed by atoms with Crippen molar-refractivity contribution in [1.82, 2.24) is 4.98 Å². The minimum atomic E-state index is -0.733. The molecule has 0 saturated carbocycles. The summed E-state index contributed by atoms with van der Waals surface area (Å²) in [5, 5.41) is 10.9. The van der Waals surface area contributed by atoms with Gasteiger partial charge in [-0.1, -0.05) is 12.1 Å². The molecule has 0 unspecified atom stereocenters. The Bertz CT molecular complexity index is 549. The fourth-order valence-electron chi connectivity index (χ4n) is 1.98. The van der Waals surface area contributed by atoms with Crippen molar-refractivity contribution >= 4 is 16.7 Å². The van der Waals surface area contributed by atoms with E-state index < -0.39 is 5.97 Å². The molecule has 1 aromatic heterocycles. The Kier molecular flexibility index (Phi) is 3.38. The van der Waals surface area contributed by atoms with Gasteiger partial charge in [0, 0.05) is 24.2 Å². The maximum Gasteiger partial charge on any atom is 0.303 e. The lowest BCUT2D eigenvalue weighted by Crippen LogP contribution is -1.96. The first-order valence-corrected chi connectivity index (χ1v) is 5.72. The van der Waals surface area contributed by atoms with Crippen LogP contribution in [0.3, 0.4) is 0 Å². The van der Waals surface area contributed by atoms with Crippen LogP contribution in [0.5, 0.6) is 0 Å². The molecule has 0 saturated heterocycles. The highest BCUT2D eigenvalue weighted by atomic mass is 16.4. The number of rotatable bonds is 4. The first kappa shape index (κ1) is 11.6. The Hall–Kier alpha value is -1.90. The summed E-state index contributed by atoms with van der Waals surface area (Å²) in [4.78, 5) is 14.6. The molecule has 0 radical (unpaired) electrons. The van der Waals surface area contributed by atoms with E-state index in [0.29, 0.717) is 6.42 Å². The zero-order valence-electron chi connectivity index (χ0n) is 9.81. The topological polar surface area (TPSA) is 50.2 Å². The number of carboxylic acids is 1. The SMILES string of the molecule is Cc1cncc2cc(CCCC(=O)O)ccc12. The van der Waals surface area contributed by atoms with Crippen LogP contribution in [0.1, 0.15) is 24.0 Å². The first-order chi connectivity index (χ1) is 8.16. The predicted octanol–water partition coefficient (Wildman–Crippen LogP) is 2.95. The summed E-state index contributed by atoms with van der Waals surface area (Å²) in [5.74, 6) is -0.733. The van der Waals surface area contributed by atoms with Crippen LogP contribution in [0.15, 0.2) is 30.6 Å². The smallest absolute Gasteiger partial charge is 0.303 e. The molecule has 3 heteroatoms. The predicted molar refractivity (Wildman–Crippen MR) is 67.1 cm³/mol. The average Bonchev–Trinajstić information content (AvgIpc) is 2.29. The van der Waals surface area contributed by atoms with Crippen LogP contribution < -0.4 is 0 Å². The standard InChI is InChI=1S/C14H15NO2/c1-10-8-15-9-12-7-11(5-6-13(10)12)3-2-4-14(16)17/h5-9H,2-4H2,1H3,(H,16,17). The van der Waals surface area contributed by atoms with E-state index in [1.807, 2.05) is 19.3 Å². The molecule has 0 bridgehead atoms. The number of carboxylic acid groups (broad SMARTS) is 1. The van der Waals surface area contributed by atoms with E-state index in [4.69, 9.17) is 5.11 Å². The number of aromatic nitrogens is 1. The fraction of sp³-hybridized carbons (Fsp3) is 0.286. The highest BCUT2D eigenvalue weighted by molar-refractivity contribution is 5.85. The Balaban J connectivity index is 2.17. The molecule has 0 amide bonds. The van der Waals surface area contributed by atoms with E-state index in [0.717, 1.165) is 11.8 Å². The summed E-state index contributed by atoms with van der Waals surface area (Å²) >= 11 is 0. The lowest BCUT2D eigenvalue weighted by Gasteiger charge is -2.04. The quantitative estimate of drug-likeness (QED) is 0.876. The van der Waals surface area contributed by atoms with E-state index in [1.165, 1.54) is 16.5 Å². The largest absolute Gasteiger partial charge is 0.481 e. The lowest BCUT2D eigenvalue weighted by molar-refractivity contribution is -0.137. The zero-order valence-corrected chi connectivity index (χ0v) is 9.81. The monoisotopic (exact) mass is 229 g/mol. The van der Waals surface area contributed by atoms with Crippen LogP contribution in [-0.4, -0.2) is 16.1 Å². The summed E-state index contributed by atoms with van der Waals surface area (Å²) in [6.07, 6.45) is 5.41. The van der Waals surface area contributed by atoms with Gasteiger partial charge < -0.3 is 5.11 Å². The Morgan fingerprint density at radius 3 is 2.94 bits per heavy atom. The molecular weight excluding hydrogens is 214 g/mol. The number of hydrogen-bond acceptors (Lipinski definition) is 2. The van der Waals surface area contributed by atoms with Gasteiger partial charge in [0.05, 0.1) is 0 Å². The molecule has 1 N–H and O–H groups in total. The van der Waals surface area contributed by atoms with Gasteiger partial charge in [-0.25, -0.2) is 0 Å². The Morgan fingerprint density at radius 2 is 2.18 bits per heavy atom. The van der Waals surface area contributed by atoms with E-state index in [9.17, 15) is 4.79 Å². The van der Waals surface area contributed by atoms with Crippen LogP contribution in [-0.2, 0) is 11.2 Å². The maximum absolute atomic E-state index is 10.4. The van der Waals surface area contributed by atoms with Gasteiger partial charge in [-0.2, -0.15) is 0 Å². The van der Waals surface area contributed by atoms with E-state index in [1.54, 1.807) is 0 Å². The van der Waals surface area contributed by atoms with Crippen molar-refractivity contribution in [1.29, 1.82) is 0 Å². The average molecular weight is 229 g/mol. The second kappa shape index (κ2) is 4.95. The van der Waals surface area contributed by atoms with Gasteiger partial charge >= 0.3 is 5.97 Å². The molecule has 3 nitrogen and oxygen atoms in total. The highest BCUT2D eigenvalue weighted by Crippen LogP contribution is 2.19.